The maximum absolute atomic E-state index is 5.03. The van der Waals surface area contributed by atoms with Gasteiger partial charge in [-0.2, -0.15) is 0 Å². The van der Waals surface area contributed by atoms with E-state index in [2.05, 4.69) is 12.6 Å². The van der Waals surface area contributed by atoms with Crippen LogP contribution in [-0.4, -0.2) is 6.16 Å². The van der Waals surface area contributed by atoms with Gasteiger partial charge in [0.15, 0.2) is 0 Å². The van der Waals surface area contributed by atoms with Gasteiger partial charge in [0.05, 0.1) is 0 Å². The van der Waals surface area contributed by atoms with Crippen molar-refractivity contribution in [1.82, 2.24) is 0 Å². The van der Waals surface area contributed by atoms with Crippen molar-refractivity contribution in [2.24, 2.45) is 0 Å². The summed E-state index contributed by atoms with van der Waals surface area (Å²) in [6, 6.07) is 0. The molecule has 1 atom stereocenters. The van der Waals surface area contributed by atoms with Gasteiger partial charge in [0.1, 0.15) is 0 Å². The van der Waals surface area contributed by atoms with E-state index in [-0.39, 0.29) is 0 Å². The van der Waals surface area contributed by atoms with Crippen molar-refractivity contribution in [3.8, 4) is 12.1 Å². The van der Waals surface area contributed by atoms with Gasteiger partial charge in [-0.15, -0.1) is 6.42 Å². The van der Waals surface area contributed by atoms with E-state index in [0.717, 1.165) is 8.58 Å². The smallest absolute Gasteiger partial charge is 0.0242 e. The SMILES string of the molecule is C#CPCCCC. The van der Waals surface area contributed by atoms with Crippen molar-refractivity contribution < 1.29 is 0 Å². The lowest BCUT2D eigenvalue weighted by molar-refractivity contribution is 0.895. The second-order valence-corrected chi connectivity index (χ2v) is 2.57. The molecule has 0 spiro atoms. The zero-order valence-electron chi connectivity index (χ0n) is 4.70. The Balaban J connectivity index is 2.60. The Morgan fingerprint density at radius 1 is 1.71 bits per heavy atom. The maximum Gasteiger partial charge on any atom is -0.0242 e. The van der Waals surface area contributed by atoms with E-state index in [0.29, 0.717) is 0 Å². The molecule has 0 nitrogen and oxygen atoms in total. The van der Waals surface area contributed by atoms with E-state index in [1.54, 1.807) is 0 Å². The highest BCUT2D eigenvalue weighted by Gasteiger charge is 1.77. The standard InChI is InChI=1S/C6H11P/c1-3-5-6-7-4-2/h2,7H,3,5-6H2,1H3. The Bertz CT molecular complexity index is 61.1. The Morgan fingerprint density at radius 3 is 2.86 bits per heavy atom. The second kappa shape index (κ2) is 5.99. The van der Waals surface area contributed by atoms with Crippen molar-refractivity contribution in [3.63, 3.8) is 0 Å². The first-order valence-corrected chi connectivity index (χ1v) is 3.81. The van der Waals surface area contributed by atoms with Gasteiger partial charge in [-0.25, -0.2) is 0 Å². The lowest BCUT2D eigenvalue weighted by Gasteiger charge is -1.86. The van der Waals surface area contributed by atoms with Crippen LogP contribution >= 0.6 is 8.58 Å². The summed E-state index contributed by atoms with van der Waals surface area (Å²) in [5.41, 5.74) is 2.63. The molecule has 0 saturated carbocycles. The zero-order chi connectivity index (χ0) is 5.54. The molecule has 0 aromatic heterocycles. The summed E-state index contributed by atoms with van der Waals surface area (Å²) in [4.78, 5) is 0. The van der Waals surface area contributed by atoms with Crippen molar-refractivity contribution in [2.45, 2.75) is 19.8 Å². The summed E-state index contributed by atoms with van der Waals surface area (Å²) < 4.78 is 0. The van der Waals surface area contributed by atoms with Crippen LogP contribution in [0.5, 0.6) is 0 Å². The van der Waals surface area contributed by atoms with E-state index in [9.17, 15) is 0 Å². The van der Waals surface area contributed by atoms with Crippen LogP contribution in [0.1, 0.15) is 19.8 Å². The fourth-order valence-electron chi connectivity index (χ4n) is 0.337. The molecule has 0 radical (unpaired) electrons. The van der Waals surface area contributed by atoms with Gasteiger partial charge < -0.3 is 0 Å². The molecule has 0 aliphatic heterocycles. The number of unbranched alkanes of at least 4 members (excludes halogenated alkanes) is 1. The third kappa shape index (κ3) is 5.99. The summed E-state index contributed by atoms with van der Waals surface area (Å²) in [7, 11) is 0.749. The second-order valence-electron chi connectivity index (χ2n) is 1.42. The monoisotopic (exact) mass is 114 g/mol. The van der Waals surface area contributed by atoms with E-state index >= 15 is 0 Å². The molecule has 0 N–H and O–H groups in total. The fourth-order valence-corrected chi connectivity index (χ4v) is 1.01. The van der Waals surface area contributed by atoms with Crippen molar-refractivity contribution >= 4 is 8.58 Å². The minimum absolute atomic E-state index is 0.749. The average Bonchev–Trinajstić information content (AvgIpc) is 1.69. The number of hydrogen-bond donors (Lipinski definition) is 0. The predicted molar refractivity (Wildman–Crippen MR) is 36.9 cm³/mol. The Kier molecular flexibility index (Phi) is 5.98. The van der Waals surface area contributed by atoms with Gasteiger partial charge in [0.25, 0.3) is 0 Å². The molecule has 0 amide bonds. The minimum atomic E-state index is 0.749. The highest BCUT2D eigenvalue weighted by molar-refractivity contribution is 7.43. The molecule has 0 fully saturated rings. The van der Waals surface area contributed by atoms with Gasteiger partial charge >= 0.3 is 0 Å². The van der Waals surface area contributed by atoms with E-state index in [4.69, 9.17) is 6.42 Å². The van der Waals surface area contributed by atoms with Crippen LogP contribution in [0, 0.1) is 12.1 Å². The van der Waals surface area contributed by atoms with Crippen LogP contribution in [0.4, 0.5) is 0 Å². The lowest BCUT2D eigenvalue weighted by atomic mass is 10.4. The van der Waals surface area contributed by atoms with Crippen LogP contribution in [0.3, 0.4) is 0 Å². The quantitative estimate of drug-likeness (QED) is 0.299. The highest BCUT2D eigenvalue weighted by Crippen LogP contribution is 2.07. The number of hydrogen-bond acceptors (Lipinski definition) is 0. The van der Waals surface area contributed by atoms with Crippen LogP contribution in [0.25, 0.3) is 0 Å². The van der Waals surface area contributed by atoms with Gasteiger partial charge in [-0.1, -0.05) is 19.0 Å². The highest BCUT2D eigenvalue weighted by atomic mass is 31.1. The third-order valence-electron chi connectivity index (χ3n) is 0.757. The molecule has 0 bridgehead atoms. The first-order valence-electron chi connectivity index (χ1n) is 2.60. The topological polar surface area (TPSA) is 0 Å². The molecule has 40 valence electrons. The maximum atomic E-state index is 5.03. The lowest BCUT2D eigenvalue weighted by Crippen LogP contribution is -1.69. The Hall–Kier alpha value is -0.0100. The van der Waals surface area contributed by atoms with Crippen molar-refractivity contribution in [1.29, 1.82) is 0 Å². The van der Waals surface area contributed by atoms with Gasteiger partial charge in [-0.3, -0.25) is 0 Å². The van der Waals surface area contributed by atoms with E-state index < -0.39 is 0 Å². The molecule has 1 unspecified atom stereocenters. The molecule has 0 aromatic carbocycles. The molecule has 0 aliphatic rings. The van der Waals surface area contributed by atoms with E-state index in [1.807, 2.05) is 0 Å². The molecule has 0 heterocycles. The Morgan fingerprint density at radius 2 is 2.43 bits per heavy atom. The minimum Gasteiger partial charge on any atom is -0.116 e. The predicted octanol–water partition coefficient (Wildman–Crippen LogP) is 2.06. The van der Waals surface area contributed by atoms with E-state index in [1.165, 1.54) is 19.0 Å². The molecule has 0 saturated heterocycles. The molecule has 0 aliphatic carbocycles. The third-order valence-corrected chi connectivity index (χ3v) is 1.57. The molecule has 0 rings (SSSR count). The average molecular weight is 114 g/mol. The zero-order valence-corrected chi connectivity index (χ0v) is 5.70. The summed E-state index contributed by atoms with van der Waals surface area (Å²) in [6.45, 7) is 2.18. The number of rotatable bonds is 3. The summed E-state index contributed by atoms with van der Waals surface area (Å²) >= 11 is 0. The number of terminal acetylenes is 1. The molecular weight excluding hydrogens is 103 g/mol. The molecular formula is C6H11P. The van der Waals surface area contributed by atoms with Crippen molar-refractivity contribution in [2.75, 3.05) is 6.16 Å². The first kappa shape index (κ1) is 6.99. The molecule has 0 aromatic rings. The van der Waals surface area contributed by atoms with Crippen LogP contribution in [0.15, 0.2) is 0 Å². The summed E-state index contributed by atoms with van der Waals surface area (Å²) in [6.07, 6.45) is 8.83. The fraction of sp³-hybridized carbons (Fsp3) is 0.667. The van der Waals surface area contributed by atoms with Crippen LogP contribution < -0.4 is 0 Å². The Labute approximate surface area is 47.5 Å². The summed E-state index contributed by atoms with van der Waals surface area (Å²) in [5.74, 6) is 0. The molecule has 1 heteroatoms. The normalized spacial score (nSPS) is 9.71. The van der Waals surface area contributed by atoms with Gasteiger partial charge in [-0.05, 0) is 21.2 Å². The van der Waals surface area contributed by atoms with Crippen LogP contribution in [-0.2, 0) is 0 Å². The first-order chi connectivity index (χ1) is 3.41. The largest absolute Gasteiger partial charge is 0.116 e. The van der Waals surface area contributed by atoms with Crippen molar-refractivity contribution in [3.05, 3.63) is 0 Å². The summed E-state index contributed by atoms with van der Waals surface area (Å²) in [5, 5.41) is 0. The molecule has 7 heavy (non-hydrogen) atoms. The van der Waals surface area contributed by atoms with Gasteiger partial charge in [0.2, 0.25) is 0 Å². The van der Waals surface area contributed by atoms with Gasteiger partial charge in [0, 0.05) is 0 Å². The van der Waals surface area contributed by atoms with Crippen LogP contribution in [0.2, 0.25) is 0 Å².